The van der Waals surface area contributed by atoms with E-state index in [-0.39, 0.29) is 18.4 Å². The molecule has 0 spiro atoms. The second-order valence-electron chi connectivity index (χ2n) is 6.31. The standard InChI is InChI=1S/C18H23N5O2/c1-13-11-22(2)21-16(13)10-19-9-14-3-5-15(6-4-14)18(25)23-8-7-20-17(24)12-23/h3-6,11,19H,7-10,12H2,1-2H3,(H,20,24). The topological polar surface area (TPSA) is 79.3 Å². The number of aromatic nitrogens is 2. The number of piperazine rings is 1. The van der Waals surface area contributed by atoms with Gasteiger partial charge in [-0.05, 0) is 30.2 Å². The molecule has 2 N–H and O–H groups in total. The monoisotopic (exact) mass is 341 g/mol. The van der Waals surface area contributed by atoms with E-state index in [1.807, 2.05) is 49.1 Å². The van der Waals surface area contributed by atoms with E-state index < -0.39 is 0 Å². The normalized spacial score (nSPS) is 14.5. The van der Waals surface area contributed by atoms with Crippen LogP contribution in [0.4, 0.5) is 0 Å². The van der Waals surface area contributed by atoms with Crippen LogP contribution >= 0.6 is 0 Å². The zero-order valence-corrected chi connectivity index (χ0v) is 14.6. The molecule has 132 valence electrons. The van der Waals surface area contributed by atoms with E-state index in [1.54, 1.807) is 4.90 Å². The van der Waals surface area contributed by atoms with Crippen LogP contribution < -0.4 is 10.6 Å². The van der Waals surface area contributed by atoms with E-state index in [1.165, 1.54) is 5.56 Å². The quantitative estimate of drug-likeness (QED) is 0.834. The lowest BCUT2D eigenvalue weighted by Gasteiger charge is -2.26. The molecule has 1 fully saturated rings. The van der Waals surface area contributed by atoms with Crippen LogP contribution in [-0.4, -0.2) is 46.1 Å². The highest BCUT2D eigenvalue weighted by Gasteiger charge is 2.21. The van der Waals surface area contributed by atoms with Crippen LogP contribution in [0, 0.1) is 6.92 Å². The first-order valence-electron chi connectivity index (χ1n) is 8.37. The van der Waals surface area contributed by atoms with Gasteiger partial charge in [-0.1, -0.05) is 12.1 Å². The minimum atomic E-state index is -0.106. The van der Waals surface area contributed by atoms with Crippen molar-refractivity contribution in [2.75, 3.05) is 19.6 Å². The van der Waals surface area contributed by atoms with Crippen molar-refractivity contribution in [1.82, 2.24) is 25.3 Å². The summed E-state index contributed by atoms with van der Waals surface area (Å²) >= 11 is 0. The zero-order valence-electron chi connectivity index (χ0n) is 14.6. The van der Waals surface area contributed by atoms with Crippen LogP contribution in [0.3, 0.4) is 0 Å². The molecule has 1 aromatic heterocycles. The molecule has 7 nitrogen and oxygen atoms in total. The third kappa shape index (κ3) is 4.24. The van der Waals surface area contributed by atoms with Gasteiger partial charge in [0.1, 0.15) is 0 Å². The van der Waals surface area contributed by atoms with E-state index in [0.717, 1.165) is 11.3 Å². The molecule has 25 heavy (non-hydrogen) atoms. The van der Waals surface area contributed by atoms with Gasteiger partial charge in [-0.2, -0.15) is 5.10 Å². The lowest BCUT2D eigenvalue weighted by Crippen LogP contribution is -2.49. The first-order valence-corrected chi connectivity index (χ1v) is 8.37. The highest BCUT2D eigenvalue weighted by Crippen LogP contribution is 2.10. The predicted molar refractivity (Wildman–Crippen MR) is 93.8 cm³/mol. The lowest BCUT2D eigenvalue weighted by molar-refractivity contribution is -0.123. The van der Waals surface area contributed by atoms with Crippen molar-refractivity contribution in [1.29, 1.82) is 0 Å². The molecule has 0 saturated carbocycles. The summed E-state index contributed by atoms with van der Waals surface area (Å²) in [5.41, 5.74) is 3.92. The molecule has 2 aromatic rings. The molecule has 1 aromatic carbocycles. The Morgan fingerprint density at radius 2 is 2.04 bits per heavy atom. The minimum absolute atomic E-state index is 0.0986. The predicted octanol–water partition coefficient (Wildman–Crippen LogP) is 0.590. The van der Waals surface area contributed by atoms with Gasteiger partial charge in [-0.25, -0.2) is 0 Å². The van der Waals surface area contributed by atoms with Crippen molar-refractivity contribution >= 4 is 11.8 Å². The Labute approximate surface area is 147 Å². The Balaban J connectivity index is 1.54. The summed E-state index contributed by atoms with van der Waals surface area (Å²) in [7, 11) is 1.91. The number of rotatable bonds is 5. The summed E-state index contributed by atoms with van der Waals surface area (Å²) in [6.45, 7) is 4.65. The van der Waals surface area contributed by atoms with Crippen molar-refractivity contribution < 1.29 is 9.59 Å². The highest BCUT2D eigenvalue weighted by atomic mass is 16.2. The second-order valence-corrected chi connectivity index (χ2v) is 6.31. The van der Waals surface area contributed by atoms with E-state index in [2.05, 4.69) is 15.7 Å². The molecule has 7 heteroatoms. The molecule has 1 saturated heterocycles. The molecule has 0 aliphatic carbocycles. The van der Waals surface area contributed by atoms with Gasteiger partial charge in [0.15, 0.2) is 0 Å². The number of nitrogens with one attached hydrogen (secondary N) is 2. The summed E-state index contributed by atoms with van der Waals surface area (Å²) in [6, 6.07) is 7.51. The van der Waals surface area contributed by atoms with Crippen molar-refractivity contribution in [3.63, 3.8) is 0 Å². The van der Waals surface area contributed by atoms with Gasteiger partial charge in [-0.3, -0.25) is 14.3 Å². The summed E-state index contributed by atoms with van der Waals surface area (Å²) in [6.07, 6.45) is 2.00. The number of benzene rings is 1. The molecule has 2 heterocycles. The largest absolute Gasteiger partial charge is 0.353 e. The number of carbonyl (C=O) groups excluding carboxylic acids is 2. The fraction of sp³-hybridized carbons (Fsp3) is 0.389. The van der Waals surface area contributed by atoms with Crippen molar-refractivity contribution in [2.24, 2.45) is 7.05 Å². The molecule has 0 radical (unpaired) electrons. The zero-order chi connectivity index (χ0) is 17.8. The van der Waals surface area contributed by atoms with Crippen molar-refractivity contribution in [2.45, 2.75) is 20.0 Å². The Morgan fingerprint density at radius 1 is 1.28 bits per heavy atom. The fourth-order valence-corrected chi connectivity index (χ4v) is 2.91. The number of carbonyl (C=O) groups is 2. The molecular weight excluding hydrogens is 318 g/mol. The number of amides is 2. The first kappa shape index (κ1) is 17.2. The van der Waals surface area contributed by atoms with Crippen LogP contribution in [0.5, 0.6) is 0 Å². The Bertz CT molecular complexity index is 766. The molecular formula is C18H23N5O2. The summed E-state index contributed by atoms with van der Waals surface area (Å²) < 4.78 is 1.81. The van der Waals surface area contributed by atoms with Crippen LogP contribution in [0.15, 0.2) is 30.5 Å². The fourth-order valence-electron chi connectivity index (χ4n) is 2.91. The minimum Gasteiger partial charge on any atom is -0.353 e. The maximum absolute atomic E-state index is 12.4. The van der Waals surface area contributed by atoms with Crippen molar-refractivity contribution in [3.8, 4) is 0 Å². The second kappa shape index (κ2) is 7.48. The Kier molecular flexibility index (Phi) is 5.14. The highest BCUT2D eigenvalue weighted by molar-refractivity contribution is 5.97. The third-order valence-corrected chi connectivity index (χ3v) is 4.26. The van der Waals surface area contributed by atoms with Crippen LogP contribution in [0.2, 0.25) is 0 Å². The Hall–Kier alpha value is -2.67. The first-order chi connectivity index (χ1) is 12.0. The summed E-state index contributed by atoms with van der Waals surface area (Å²) in [5.74, 6) is -0.205. The molecule has 0 bridgehead atoms. The number of hydrogen-bond acceptors (Lipinski definition) is 4. The van der Waals surface area contributed by atoms with Crippen LogP contribution in [-0.2, 0) is 24.9 Å². The summed E-state index contributed by atoms with van der Waals surface area (Å²) in [5, 5.41) is 10.5. The maximum atomic E-state index is 12.4. The Morgan fingerprint density at radius 3 is 2.68 bits per heavy atom. The van der Waals surface area contributed by atoms with Gasteiger partial charge < -0.3 is 15.5 Å². The van der Waals surface area contributed by atoms with Gasteiger partial charge in [-0.15, -0.1) is 0 Å². The molecule has 1 aliphatic heterocycles. The maximum Gasteiger partial charge on any atom is 0.254 e. The lowest BCUT2D eigenvalue weighted by atomic mass is 10.1. The van der Waals surface area contributed by atoms with E-state index in [0.29, 0.717) is 31.7 Å². The molecule has 3 rings (SSSR count). The van der Waals surface area contributed by atoms with Crippen molar-refractivity contribution in [3.05, 3.63) is 52.8 Å². The molecule has 0 unspecified atom stereocenters. The average molecular weight is 341 g/mol. The molecule has 0 atom stereocenters. The number of hydrogen-bond donors (Lipinski definition) is 2. The number of nitrogens with zero attached hydrogens (tertiary/aromatic N) is 3. The summed E-state index contributed by atoms with van der Waals surface area (Å²) in [4.78, 5) is 25.4. The van der Waals surface area contributed by atoms with Gasteiger partial charge in [0.05, 0.1) is 12.2 Å². The van der Waals surface area contributed by atoms with Gasteiger partial charge in [0.2, 0.25) is 5.91 Å². The van der Waals surface area contributed by atoms with Crippen LogP contribution in [0.25, 0.3) is 0 Å². The number of aryl methyl sites for hydroxylation is 2. The third-order valence-electron chi connectivity index (χ3n) is 4.26. The van der Waals surface area contributed by atoms with Crippen LogP contribution in [0.1, 0.15) is 27.2 Å². The smallest absolute Gasteiger partial charge is 0.254 e. The van der Waals surface area contributed by atoms with Gasteiger partial charge >= 0.3 is 0 Å². The average Bonchev–Trinajstić information content (AvgIpc) is 2.92. The van der Waals surface area contributed by atoms with E-state index in [4.69, 9.17) is 0 Å². The van der Waals surface area contributed by atoms with E-state index >= 15 is 0 Å². The molecule has 2 amide bonds. The van der Waals surface area contributed by atoms with Gasteiger partial charge in [0.25, 0.3) is 5.91 Å². The van der Waals surface area contributed by atoms with E-state index in [9.17, 15) is 9.59 Å². The molecule has 1 aliphatic rings. The SMILES string of the molecule is Cc1cn(C)nc1CNCc1ccc(C(=O)N2CCNC(=O)C2)cc1. The van der Waals surface area contributed by atoms with Gasteiger partial charge in [0, 0.05) is 45.0 Å².